The number of amides is 2. The number of hydrogen-bond donors (Lipinski definition) is 2. The normalized spacial score (nSPS) is 26.2. The van der Waals surface area contributed by atoms with Crippen molar-refractivity contribution in [1.29, 1.82) is 6.69 Å². The number of aliphatic hydroxyl groups is 1. The van der Waals surface area contributed by atoms with E-state index in [1.54, 1.807) is 5.57 Å². The van der Waals surface area contributed by atoms with Crippen molar-refractivity contribution in [3.8, 4) is 6.07 Å². The lowest BCUT2D eigenvalue weighted by atomic mass is 9.47. The lowest BCUT2D eigenvalue weighted by Crippen LogP contribution is -2.51. The van der Waals surface area contributed by atoms with Crippen molar-refractivity contribution in [3.63, 3.8) is 0 Å². The highest BCUT2D eigenvalue weighted by Gasteiger charge is 2.59. The zero-order chi connectivity index (χ0) is 63.0. The summed E-state index contributed by atoms with van der Waals surface area (Å²) in [6, 6.07) is 4.30. The number of likely N-dealkylation sites (tertiary alicyclic amines) is 1. The summed E-state index contributed by atoms with van der Waals surface area (Å²) in [7, 11) is -0.898. The lowest BCUT2D eigenvalue weighted by Gasteiger charge is -2.58. The molecule has 2 amide bonds. The van der Waals surface area contributed by atoms with E-state index >= 15 is 0 Å². The van der Waals surface area contributed by atoms with Crippen LogP contribution in [0.25, 0.3) is 4.85 Å². The molecular weight excluding hydrogens is 1060 g/mol. The second-order valence-corrected chi connectivity index (χ2v) is 30.7. The molecule has 1 heterocycles. The van der Waals surface area contributed by atoms with E-state index in [2.05, 4.69) is 159 Å². The number of fused-ring (bicyclic) bond motifs is 5. The number of rotatable bonds is 30. The molecule has 9 atom stereocenters. The molecule has 82 heavy (non-hydrogen) atoms. The highest BCUT2D eigenvalue weighted by molar-refractivity contribution is 7.47. The molecule has 5 rings (SSSR count). The second-order valence-electron chi connectivity index (χ2n) is 27.6. The summed E-state index contributed by atoms with van der Waals surface area (Å²) in [5.41, 5.74) is 2.00. The summed E-state index contributed by atoms with van der Waals surface area (Å²) in [4.78, 5) is 31.5. The minimum absolute atomic E-state index is 0.0456. The lowest BCUT2D eigenvalue weighted by molar-refractivity contribution is -0.133. The Labute approximate surface area is 508 Å². The van der Waals surface area contributed by atoms with E-state index < -0.39 is 17.0 Å². The molecule has 0 bridgehead atoms. The van der Waals surface area contributed by atoms with Crippen molar-refractivity contribution in [3.05, 3.63) is 23.1 Å². The molecule has 14 nitrogen and oxygen atoms in total. The number of ether oxygens (including phenoxy) is 1. The molecule has 0 spiro atoms. The SMILES string of the molecule is CC(C)N(C(C)C)P(OCCC#N)N(C(C)C)C(C)C.[2H]CC1(COP(OCC[N+]#[C-])N(C(C)C)C(C)C)CCN(C(=O)CCCCCNC(=O)O[C@H]2CC[C@@]3(C)C(=CC[C@H]4[C@@H]5CC[C@H]([C@H](C)CCCC(C)C)[C@@]5(C)CC[C@@H]43)C2)CC1.[3H]OC. The number of alkyl carbamates (subject to hydrolysis) is 1. The van der Waals surface area contributed by atoms with Crippen LogP contribution in [0.5, 0.6) is 0 Å². The van der Waals surface area contributed by atoms with Crippen LogP contribution in [-0.4, -0.2) is 133 Å². The Morgan fingerprint density at radius 1 is 0.829 bits per heavy atom. The Kier molecular flexibility index (Phi) is 31.4. The summed E-state index contributed by atoms with van der Waals surface area (Å²) in [6.45, 7) is 49.5. The van der Waals surface area contributed by atoms with Gasteiger partial charge in [-0.25, -0.2) is 25.4 Å². The molecule has 0 aromatic carbocycles. The number of nitrogens with zero attached hydrogens (tertiary/aromatic N) is 6. The van der Waals surface area contributed by atoms with Gasteiger partial charge in [-0.3, -0.25) is 4.79 Å². The van der Waals surface area contributed by atoms with Crippen LogP contribution in [0.15, 0.2) is 11.6 Å². The van der Waals surface area contributed by atoms with Crippen LogP contribution in [0, 0.1) is 69.7 Å². The Morgan fingerprint density at radius 3 is 2.01 bits per heavy atom. The zero-order valence-electron chi connectivity index (χ0n) is 57.4. The van der Waals surface area contributed by atoms with Gasteiger partial charge in [-0.15, -0.1) is 0 Å². The molecule has 3 saturated carbocycles. The first-order valence-electron chi connectivity index (χ1n) is 33.6. The van der Waals surface area contributed by atoms with Crippen LogP contribution in [0.1, 0.15) is 242 Å². The minimum atomic E-state index is -1.35. The van der Waals surface area contributed by atoms with E-state index in [1.807, 2.05) is 4.90 Å². The van der Waals surface area contributed by atoms with Gasteiger partial charge >= 0.3 is 6.09 Å². The predicted molar refractivity (Wildman–Crippen MR) is 342 cm³/mol. The maximum Gasteiger partial charge on any atom is 0.407 e. The summed E-state index contributed by atoms with van der Waals surface area (Å²) in [5, 5.41) is 15.3. The maximum atomic E-state index is 13.2. The summed E-state index contributed by atoms with van der Waals surface area (Å²) >= 11 is 0. The molecular formula is C66H123N7O7P2. The third-order valence-corrected chi connectivity index (χ3v) is 24.2. The van der Waals surface area contributed by atoms with Crippen molar-refractivity contribution in [1.82, 2.24) is 24.2 Å². The van der Waals surface area contributed by atoms with Gasteiger partial charge in [0, 0.05) is 77.2 Å². The van der Waals surface area contributed by atoms with Crippen LogP contribution < -0.4 is 5.32 Å². The molecule has 0 aromatic rings. The molecule has 1 unspecified atom stereocenters. The number of aliphatic hydroxyl groups excluding tert-OH is 1. The summed E-state index contributed by atoms with van der Waals surface area (Å²) in [5.74, 6) is 5.13. The van der Waals surface area contributed by atoms with Gasteiger partial charge in [0.05, 0.1) is 25.7 Å². The van der Waals surface area contributed by atoms with Crippen LogP contribution in [0.2, 0.25) is 0 Å². The molecule has 1 saturated heterocycles. The largest absolute Gasteiger partial charge is 0.446 e. The highest BCUT2D eigenvalue weighted by Crippen LogP contribution is 2.67. The molecule has 0 aromatic heterocycles. The van der Waals surface area contributed by atoms with Crippen molar-refractivity contribution in [2.75, 3.05) is 53.1 Å². The molecule has 16 heteroatoms. The smallest absolute Gasteiger partial charge is 0.407 e. The number of carbonyl (C=O) groups is 2. The number of hydrogen-bond acceptors (Lipinski definition) is 11. The van der Waals surface area contributed by atoms with Crippen molar-refractivity contribution in [2.45, 2.75) is 283 Å². The van der Waals surface area contributed by atoms with Gasteiger partial charge in [0.1, 0.15) is 12.7 Å². The molecule has 4 fully saturated rings. The van der Waals surface area contributed by atoms with Gasteiger partial charge in [-0.1, -0.05) is 78.9 Å². The Morgan fingerprint density at radius 2 is 1.45 bits per heavy atom. The van der Waals surface area contributed by atoms with Gasteiger partial charge in [0.25, 0.3) is 8.53 Å². The third-order valence-electron chi connectivity index (χ3n) is 19.1. The topological polar surface area (TPSA) is 144 Å². The quantitative estimate of drug-likeness (QED) is 0.0307. The first kappa shape index (κ1) is 70.8. The number of nitrogens with one attached hydrogen (secondary N) is 1. The summed E-state index contributed by atoms with van der Waals surface area (Å²) < 4.78 is 45.9. The fourth-order valence-corrected chi connectivity index (χ4v) is 19.2. The minimum Gasteiger partial charge on any atom is -0.446 e. The maximum absolute atomic E-state index is 13.2. The fraction of sp³-hybridized carbons (Fsp3) is 0.909. The first-order valence-corrected chi connectivity index (χ1v) is 34.8. The average Bonchev–Trinajstić information content (AvgIpc) is 1.67. The van der Waals surface area contributed by atoms with Crippen molar-refractivity contribution < 1.29 is 34.4 Å². The van der Waals surface area contributed by atoms with Gasteiger partial charge in [-0.2, -0.15) is 5.26 Å². The van der Waals surface area contributed by atoms with Crippen LogP contribution in [-0.2, 0) is 23.1 Å². The standard InChI is InChI=1S/C50H87N4O5P.C15H32N3OP.CH4O/c1-36(2)16-15-17-39(7)43-21-22-44-42-20-19-40-34-41(23-25-49(40,9)45(42)24-26-50(43,44)10)59-47(56)52-29-14-12-13-18-46(55)53-31-27-48(8,28-32-53)35-58-60(57-33-30-51-11)54(37(3)4)38(5)6;1-12(2)17(13(3)4)20(19-11-9-10-16)18(14(5)6)15(7)8;1-2/h19,36-39,41-45H,12-18,20-35H2,1-10H3,(H,52,56);12-15H,9,11H2,1-8H3;2H,1H3/t39-,41+,42+,43-,44+,45+,49+,50-,60?;;/m1../s1/i8D;;2T. The Hall–Kier alpha value is -1.96. The van der Waals surface area contributed by atoms with Gasteiger partial charge in [0.2, 0.25) is 13.9 Å². The molecule has 2 N–H and O–H groups in total. The average molecular weight is 1190 g/mol. The van der Waals surface area contributed by atoms with E-state index in [-0.39, 0.29) is 47.9 Å². The molecule has 474 valence electrons. The van der Waals surface area contributed by atoms with Crippen LogP contribution >= 0.6 is 17.0 Å². The Bertz CT molecular complexity index is 1970. The summed E-state index contributed by atoms with van der Waals surface area (Å²) in [6.07, 6.45) is 21.1. The number of piperidine rings is 1. The highest BCUT2D eigenvalue weighted by atomic mass is 31.2. The van der Waals surface area contributed by atoms with E-state index in [4.69, 9.17) is 32.9 Å². The van der Waals surface area contributed by atoms with E-state index in [9.17, 15) is 9.59 Å². The molecule has 5 aliphatic rings. The predicted octanol–water partition coefficient (Wildman–Crippen LogP) is 16.6. The van der Waals surface area contributed by atoms with Crippen LogP contribution in [0.3, 0.4) is 0 Å². The number of allylic oxidation sites excluding steroid dienone is 1. The van der Waals surface area contributed by atoms with Gasteiger partial charge in [-0.05, 0) is 205 Å². The monoisotopic (exact) mass is 1190 g/mol. The third kappa shape index (κ3) is 21.4. The Balaban J connectivity index is 0.000000677. The van der Waals surface area contributed by atoms with E-state index in [0.717, 1.165) is 86.9 Å². The van der Waals surface area contributed by atoms with Crippen molar-refractivity contribution >= 4 is 29.0 Å². The molecule has 4 aliphatic carbocycles. The van der Waals surface area contributed by atoms with Crippen LogP contribution in [0.4, 0.5) is 4.79 Å². The zero-order valence-corrected chi connectivity index (χ0v) is 57.2. The number of unbranched alkanes of at least 4 members (excludes halogenated alkanes) is 2. The number of carbonyl (C=O) groups excluding carboxylic acids is 2. The second kappa shape index (κ2) is 36.4. The van der Waals surface area contributed by atoms with Crippen molar-refractivity contribution in [2.24, 2.45) is 51.8 Å². The first-order chi connectivity index (χ1) is 39.7. The van der Waals surface area contributed by atoms with Gasteiger partial charge in [0.15, 0.2) is 8.45 Å². The fourth-order valence-electron chi connectivity index (χ4n) is 15.2. The molecule has 1 aliphatic heterocycles. The number of nitriles is 1. The van der Waals surface area contributed by atoms with Gasteiger partial charge < -0.3 is 38.5 Å². The molecule has 0 radical (unpaired) electrons. The van der Waals surface area contributed by atoms with E-state index in [0.29, 0.717) is 88.4 Å². The van der Waals surface area contributed by atoms with E-state index in [1.165, 1.54) is 58.5 Å².